The molecular formula is C28H28F2O. The lowest BCUT2D eigenvalue weighted by molar-refractivity contribution is 0.180. The van der Waals surface area contributed by atoms with E-state index in [-0.39, 0.29) is 11.6 Å². The van der Waals surface area contributed by atoms with Crippen LogP contribution in [0.25, 0.3) is 10.8 Å². The minimum absolute atomic E-state index is 0.265. The van der Waals surface area contributed by atoms with Crippen molar-refractivity contribution < 1.29 is 13.5 Å². The lowest BCUT2D eigenvalue weighted by atomic mass is 9.77. The van der Waals surface area contributed by atoms with Crippen LogP contribution in [0.3, 0.4) is 0 Å². The predicted molar refractivity (Wildman–Crippen MR) is 122 cm³/mol. The zero-order valence-corrected chi connectivity index (χ0v) is 18.0. The van der Waals surface area contributed by atoms with Crippen molar-refractivity contribution in [2.75, 3.05) is 13.7 Å². The fraction of sp³-hybridized carbons (Fsp3) is 0.357. The molecule has 0 amide bonds. The molecule has 160 valence electrons. The van der Waals surface area contributed by atoms with Crippen molar-refractivity contribution in [3.05, 3.63) is 82.9 Å². The highest BCUT2D eigenvalue weighted by atomic mass is 19.1. The molecule has 0 radical (unpaired) electrons. The number of rotatable bonds is 5. The summed E-state index contributed by atoms with van der Waals surface area (Å²) in [5, 5.41) is 1.66. The van der Waals surface area contributed by atoms with Gasteiger partial charge in [0.1, 0.15) is 11.6 Å². The first-order valence-corrected chi connectivity index (χ1v) is 11.1. The third-order valence-electron chi connectivity index (χ3n) is 6.45. The summed E-state index contributed by atoms with van der Waals surface area (Å²) in [7, 11) is 1.75. The van der Waals surface area contributed by atoms with Crippen LogP contribution in [0.4, 0.5) is 8.78 Å². The molecule has 0 aromatic heterocycles. The fourth-order valence-electron chi connectivity index (χ4n) is 4.69. The van der Waals surface area contributed by atoms with E-state index < -0.39 is 0 Å². The number of fused-ring (bicyclic) bond motifs is 1. The Morgan fingerprint density at radius 1 is 0.903 bits per heavy atom. The van der Waals surface area contributed by atoms with Gasteiger partial charge in [-0.1, -0.05) is 36.1 Å². The van der Waals surface area contributed by atoms with Gasteiger partial charge < -0.3 is 4.74 Å². The molecule has 3 aromatic carbocycles. The highest BCUT2D eigenvalue weighted by molar-refractivity contribution is 5.88. The normalized spacial score (nSPS) is 18.5. The fourth-order valence-corrected chi connectivity index (χ4v) is 4.69. The van der Waals surface area contributed by atoms with Crippen LogP contribution in [0.2, 0.25) is 0 Å². The lowest BCUT2D eigenvalue weighted by Gasteiger charge is -2.29. The predicted octanol–water partition coefficient (Wildman–Crippen LogP) is 7.22. The van der Waals surface area contributed by atoms with Crippen molar-refractivity contribution in [1.29, 1.82) is 0 Å². The Kier molecular flexibility index (Phi) is 6.99. The molecule has 4 rings (SSSR count). The summed E-state index contributed by atoms with van der Waals surface area (Å²) in [5.41, 5.74) is 2.25. The first kappa shape index (κ1) is 21.5. The van der Waals surface area contributed by atoms with E-state index in [9.17, 15) is 8.78 Å². The van der Waals surface area contributed by atoms with Gasteiger partial charge in [-0.15, -0.1) is 0 Å². The molecule has 1 fully saturated rings. The SMILES string of the molecule is COCCCC1CCC(c2ccc(C#Cc3cccc4cc(F)ccc34)c(F)c2)CC1. The van der Waals surface area contributed by atoms with Crippen molar-refractivity contribution in [2.45, 2.75) is 44.4 Å². The van der Waals surface area contributed by atoms with Gasteiger partial charge in [-0.2, -0.15) is 0 Å². The van der Waals surface area contributed by atoms with E-state index in [1.807, 2.05) is 24.3 Å². The summed E-state index contributed by atoms with van der Waals surface area (Å²) in [4.78, 5) is 0. The van der Waals surface area contributed by atoms with Crippen LogP contribution in [0.5, 0.6) is 0 Å². The van der Waals surface area contributed by atoms with Gasteiger partial charge in [-0.3, -0.25) is 0 Å². The van der Waals surface area contributed by atoms with Crippen LogP contribution in [-0.2, 0) is 4.74 Å². The maximum absolute atomic E-state index is 14.8. The van der Waals surface area contributed by atoms with Crippen LogP contribution in [-0.4, -0.2) is 13.7 Å². The summed E-state index contributed by atoms with van der Waals surface area (Å²) in [6, 6.07) is 15.7. The number of halogens is 2. The lowest BCUT2D eigenvalue weighted by Crippen LogP contribution is -2.14. The van der Waals surface area contributed by atoms with Crippen molar-refractivity contribution >= 4 is 10.8 Å². The third-order valence-corrected chi connectivity index (χ3v) is 6.45. The largest absolute Gasteiger partial charge is 0.385 e. The van der Waals surface area contributed by atoms with Crippen LogP contribution >= 0.6 is 0 Å². The maximum Gasteiger partial charge on any atom is 0.139 e. The van der Waals surface area contributed by atoms with Gasteiger partial charge in [0.15, 0.2) is 0 Å². The third kappa shape index (κ3) is 5.32. The second-order valence-electron chi connectivity index (χ2n) is 8.51. The number of ether oxygens (including phenoxy) is 1. The summed E-state index contributed by atoms with van der Waals surface area (Å²) >= 11 is 0. The molecular weight excluding hydrogens is 390 g/mol. The number of hydrogen-bond acceptors (Lipinski definition) is 1. The zero-order valence-electron chi connectivity index (χ0n) is 18.0. The van der Waals surface area contributed by atoms with Gasteiger partial charge in [0.2, 0.25) is 0 Å². The standard InChI is InChI=1S/C28H28F2O/c1-31-17-3-4-20-7-9-21(10-8-20)24-14-13-23(28(30)19-24)12-11-22-5-2-6-25-18-26(29)15-16-27(22)25/h2,5-6,13-16,18-21H,3-4,7-10,17H2,1H3. The average Bonchev–Trinajstić information content (AvgIpc) is 2.78. The van der Waals surface area contributed by atoms with E-state index in [2.05, 4.69) is 11.8 Å². The smallest absolute Gasteiger partial charge is 0.139 e. The molecule has 3 aromatic rings. The van der Waals surface area contributed by atoms with Gasteiger partial charge in [-0.25, -0.2) is 8.78 Å². The Bertz CT molecular complexity index is 1100. The van der Waals surface area contributed by atoms with E-state index in [4.69, 9.17) is 4.74 Å². The Morgan fingerprint density at radius 2 is 1.71 bits per heavy atom. The second-order valence-corrected chi connectivity index (χ2v) is 8.51. The zero-order chi connectivity index (χ0) is 21.6. The van der Waals surface area contributed by atoms with Crippen molar-refractivity contribution in [1.82, 2.24) is 0 Å². The van der Waals surface area contributed by atoms with Gasteiger partial charge in [0, 0.05) is 19.3 Å². The quantitative estimate of drug-likeness (QED) is 0.314. The molecule has 31 heavy (non-hydrogen) atoms. The van der Waals surface area contributed by atoms with Crippen LogP contribution in [0, 0.1) is 29.4 Å². The number of methoxy groups -OCH3 is 1. The van der Waals surface area contributed by atoms with Gasteiger partial charge >= 0.3 is 0 Å². The summed E-state index contributed by atoms with van der Waals surface area (Å²) in [6.07, 6.45) is 7.01. The van der Waals surface area contributed by atoms with E-state index in [0.29, 0.717) is 11.5 Å². The topological polar surface area (TPSA) is 9.23 Å². The van der Waals surface area contributed by atoms with Crippen LogP contribution < -0.4 is 0 Å². The van der Waals surface area contributed by atoms with E-state index >= 15 is 0 Å². The Balaban J connectivity index is 1.45. The number of benzene rings is 3. The average molecular weight is 419 g/mol. The molecule has 3 heteroatoms. The second kappa shape index (κ2) is 10.1. The molecule has 1 aliphatic carbocycles. The van der Waals surface area contributed by atoms with Crippen molar-refractivity contribution in [3.8, 4) is 11.8 Å². The van der Waals surface area contributed by atoms with Gasteiger partial charge in [0.25, 0.3) is 0 Å². The molecule has 0 N–H and O–H groups in total. The molecule has 1 saturated carbocycles. The van der Waals surface area contributed by atoms with Crippen molar-refractivity contribution in [3.63, 3.8) is 0 Å². The molecule has 0 unspecified atom stereocenters. The summed E-state index contributed by atoms with van der Waals surface area (Å²) in [5.74, 6) is 6.71. The molecule has 1 nitrogen and oxygen atoms in total. The van der Waals surface area contributed by atoms with E-state index in [1.165, 1.54) is 31.4 Å². The minimum atomic E-state index is -0.275. The maximum atomic E-state index is 14.8. The Hall–Kier alpha value is -2.70. The molecule has 1 aliphatic rings. The van der Waals surface area contributed by atoms with Crippen LogP contribution in [0.1, 0.15) is 61.1 Å². The molecule has 0 heterocycles. The first-order valence-electron chi connectivity index (χ1n) is 11.1. The van der Waals surface area contributed by atoms with E-state index in [1.54, 1.807) is 25.3 Å². The Morgan fingerprint density at radius 3 is 2.48 bits per heavy atom. The summed E-state index contributed by atoms with van der Waals surface area (Å²) in [6.45, 7) is 0.837. The Labute approximate surface area is 183 Å². The molecule has 0 atom stereocenters. The van der Waals surface area contributed by atoms with Crippen molar-refractivity contribution in [2.24, 2.45) is 5.92 Å². The highest BCUT2D eigenvalue weighted by Gasteiger charge is 2.22. The monoisotopic (exact) mass is 418 g/mol. The summed E-state index contributed by atoms with van der Waals surface area (Å²) < 4.78 is 33.4. The minimum Gasteiger partial charge on any atom is -0.385 e. The molecule has 0 spiro atoms. The molecule has 0 bridgehead atoms. The van der Waals surface area contributed by atoms with Gasteiger partial charge in [0.05, 0.1) is 5.56 Å². The molecule has 0 aliphatic heterocycles. The highest BCUT2D eigenvalue weighted by Crippen LogP contribution is 2.37. The van der Waals surface area contributed by atoms with E-state index in [0.717, 1.165) is 53.7 Å². The number of hydrogen-bond donors (Lipinski definition) is 0. The first-order chi connectivity index (χ1) is 15.1. The van der Waals surface area contributed by atoms with Gasteiger partial charge in [-0.05, 0) is 97.0 Å². The van der Waals surface area contributed by atoms with Crippen LogP contribution in [0.15, 0.2) is 54.6 Å². The molecule has 0 saturated heterocycles.